The van der Waals surface area contributed by atoms with Gasteiger partial charge in [0.05, 0.1) is 6.04 Å². The van der Waals surface area contributed by atoms with Crippen molar-refractivity contribution in [1.29, 1.82) is 0 Å². The first kappa shape index (κ1) is 19.2. The Labute approximate surface area is 167 Å². The summed E-state index contributed by atoms with van der Waals surface area (Å²) in [7, 11) is 0. The summed E-state index contributed by atoms with van der Waals surface area (Å²) in [5, 5.41) is 4.73. The Morgan fingerprint density at radius 1 is 1.11 bits per heavy atom. The molecular formula is C22H31N3O3. The number of hydroxylamine groups is 2. The molecule has 6 nitrogen and oxygen atoms in total. The van der Waals surface area contributed by atoms with Gasteiger partial charge >= 0.3 is 6.03 Å². The lowest BCUT2D eigenvalue weighted by Crippen LogP contribution is -2.52. The van der Waals surface area contributed by atoms with E-state index < -0.39 is 0 Å². The molecule has 2 saturated heterocycles. The molecule has 28 heavy (non-hydrogen) atoms. The first-order chi connectivity index (χ1) is 13.6. The van der Waals surface area contributed by atoms with E-state index in [1.807, 2.05) is 30.3 Å². The van der Waals surface area contributed by atoms with Gasteiger partial charge < -0.3 is 10.2 Å². The lowest BCUT2D eigenvalue weighted by Gasteiger charge is -2.30. The van der Waals surface area contributed by atoms with Gasteiger partial charge in [0.2, 0.25) is 5.91 Å². The lowest BCUT2D eigenvalue weighted by atomic mass is 9.99. The van der Waals surface area contributed by atoms with Crippen LogP contribution in [0.4, 0.5) is 4.79 Å². The number of nitrogens with zero attached hydrogens (tertiary/aromatic N) is 2. The number of amides is 3. The standard InChI is InChI=1S/C22H31N3O3/c1-16-6-5-9-18(11-10-16)23-21(26)20-13-12-19-14-24(20)22(27)25(19)28-15-17-7-3-2-4-8-17/h2-4,7-8,16,18-20H,5-6,9-15H2,1H3,(H,23,26). The van der Waals surface area contributed by atoms with Crippen LogP contribution in [0.5, 0.6) is 0 Å². The number of hydrogen-bond acceptors (Lipinski definition) is 3. The molecular weight excluding hydrogens is 354 g/mol. The zero-order chi connectivity index (χ0) is 19.5. The number of carbonyl (C=O) groups is 2. The van der Waals surface area contributed by atoms with E-state index in [4.69, 9.17) is 4.84 Å². The molecule has 1 saturated carbocycles. The zero-order valence-electron chi connectivity index (χ0n) is 16.7. The van der Waals surface area contributed by atoms with E-state index in [1.54, 1.807) is 4.90 Å². The average molecular weight is 386 g/mol. The van der Waals surface area contributed by atoms with Crippen molar-refractivity contribution < 1.29 is 14.4 Å². The second-order valence-electron chi connectivity index (χ2n) is 8.59. The first-order valence-corrected chi connectivity index (χ1v) is 10.7. The monoisotopic (exact) mass is 385 g/mol. The highest BCUT2D eigenvalue weighted by atomic mass is 16.7. The van der Waals surface area contributed by atoms with E-state index in [1.165, 1.54) is 24.3 Å². The van der Waals surface area contributed by atoms with E-state index in [0.717, 1.165) is 30.7 Å². The van der Waals surface area contributed by atoms with Crippen LogP contribution in [0, 0.1) is 5.92 Å². The number of hydrogen-bond donors (Lipinski definition) is 1. The van der Waals surface area contributed by atoms with Crippen LogP contribution < -0.4 is 5.32 Å². The number of carbonyl (C=O) groups excluding carboxylic acids is 2. The molecule has 2 heterocycles. The van der Waals surface area contributed by atoms with Gasteiger partial charge in [-0.3, -0.25) is 9.63 Å². The molecule has 0 radical (unpaired) electrons. The number of urea groups is 1. The minimum Gasteiger partial charge on any atom is -0.352 e. The van der Waals surface area contributed by atoms with Crippen molar-refractivity contribution in [2.75, 3.05) is 6.54 Å². The van der Waals surface area contributed by atoms with Gasteiger partial charge in [0.1, 0.15) is 12.6 Å². The van der Waals surface area contributed by atoms with Crippen molar-refractivity contribution >= 4 is 11.9 Å². The zero-order valence-corrected chi connectivity index (χ0v) is 16.7. The minimum absolute atomic E-state index is 0.0104. The summed E-state index contributed by atoms with van der Waals surface area (Å²) in [4.78, 5) is 33.3. The second kappa shape index (κ2) is 8.52. The minimum atomic E-state index is -0.366. The fraction of sp³-hybridized carbons (Fsp3) is 0.636. The third-order valence-electron chi connectivity index (χ3n) is 6.44. The molecule has 1 N–H and O–H groups in total. The predicted octanol–water partition coefficient (Wildman–Crippen LogP) is 3.47. The van der Waals surface area contributed by atoms with Crippen LogP contribution in [0.3, 0.4) is 0 Å². The summed E-state index contributed by atoms with van der Waals surface area (Å²) in [5.74, 6) is 0.754. The highest BCUT2D eigenvalue weighted by molar-refractivity contribution is 5.88. The molecule has 6 heteroatoms. The molecule has 3 fully saturated rings. The Hall–Kier alpha value is -2.08. The average Bonchev–Trinajstić information content (AvgIpc) is 2.83. The van der Waals surface area contributed by atoms with Crippen LogP contribution in [0.2, 0.25) is 0 Å². The van der Waals surface area contributed by atoms with Crippen molar-refractivity contribution in [2.45, 2.75) is 76.6 Å². The van der Waals surface area contributed by atoms with Crippen molar-refractivity contribution in [1.82, 2.24) is 15.3 Å². The maximum Gasteiger partial charge on any atom is 0.345 e. The fourth-order valence-electron chi connectivity index (χ4n) is 4.72. The predicted molar refractivity (Wildman–Crippen MR) is 106 cm³/mol. The summed E-state index contributed by atoms with van der Waals surface area (Å²) in [6.45, 7) is 3.24. The third kappa shape index (κ3) is 4.17. The third-order valence-corrected chi connectivity index (χ3v) is 6.44. The van der Waals surface area contributed by atoms with Crippen molar-refractivity contribution in [2.24, 2.45) is 5.92 Å². The molecule has 1 aromatic rings. The molecule has 0 aromatic heterocycles. The maximum atomic E-state index is 12.9. The molecule has 1 aliphatic carbocycles. The molecule has 3 amide bonds. The summed E-state index contributed by atoms with van der Waals surface area (Å²) >= 11 is 0. The number of piperidine rings is 1. The van der Waals surface area contributed by atoms with Crippen LogP contribution in [-0.2, 0) is 16.2 Å². The Kier molecular flexibility index (Phi) is 5.85. The smallest absolute Gasteiger partial charge is 0.345 e. The number of benzene rings is 1. The Morgan fingerprint density at radius 3 is 2.75 bits per heavy atom. The highest BCUT2D eigenvalue weighted by Gasteiger charge is 2.48. The van der Waals surface area contributed by atoms with E-state index in [2.05, 4.69) is 12.2 Å². The number of fused-ring (bicyclic) bond motifs is 2. The van der Waals surface area contributed by atoms with Gasteiger partial charge in [-0.1, -0.05) is 50.1 Å². The molecule has 4 rings (SSSR count). The normalized spacial score (nSPS) is 30.2. The number of nitrogens with one attached hydrogen (secondary N) is 1. The second-order valence-corrected chi connectivity index (χ2v) is 8.59. The molecule has 4 unspecified atom stereocenters. The highest BCUT2D eigenvalue weighted by Crippen LogP contribution is 2.31. The lowest BCUT2D eigenvalue weighted by molar-refractivity contribution is -0.140. The fourth-order valence-corrected chi connectivity index (χ4v) is 4.72. The molecule has 4 atom stereocenters. The molecule has 3 aliphatic rings. The van der Waals surface area contributed by atoms with Gasteiger partial charge in [-0.15, -0.1) is 0 Å². The maximum absolute atomic E-state index is 12.9. The molecule has 1 aromatic carbocycles. The summed E-state index contributed by atoms with van der Waals surface area (Å²) in [6.07, 6.45) is 7.18. The van der Waals surface area contributed by atoms with Crippen LogP contribution in [0.25, 0.3) is 0 Å². The molecule has 2 bridgehead atoms. The van der Waals surface area contributed by atoms with Crippen LogP contribution in [0.15, 0.2) is 30.3 Å². The SMILES string of the molecule is CC1CCCC(NC(=O)C2CCC3CN2C(=O)N3OCc2ccccc2)CC1. The summed E-state index contributed by atoms with van der Waals surface area (Å²) in [6, 6.07) is 9.59. The van der Waals surface area contributed by atoms with Gasteiger partial charge in [0.15, 0.2) is 0 Å². The van der Waals surface area contributed by atoms with Crippen molar-refractivity contribution in [3.05, 3.63) is 35.9 Å². The van der Waals surface area contributed by atoms with E-state index in [0.29, 0.717) is 19.6 Å². The van der Waals surface area contributed by atoms with Crippen LogP contribution in [0.1, 0.15) is 57.4 Å². The van der Waals surface area contributed by atoms with Gasteiger partial charge in [-0.25, -0.2) is 4.79 Å². The largest absolute Gasteiger partial charge is 0.352 e. The Balaban J connectivity index is 1.34. The number of rotatable bonds is 5. The Bertz CT molecular complexity index is 696. The first-order valence-electron chi connectivity index (χ1n) is 10.7. The van der Waals surface area contributed by atoms with E-state index in [9.17, 15) is 9.59 Å². The van der Waals surface area contributed by atoms with Crippen LogP contribution in [-0.4, -0.2) is 46.6 Å². The molecule has 0 spiro atoms. The molecule has 2 aliphatic heterocycles. The van der Waals surface area contributed by atoms with E-state index >= 15 is 0 Å². The van der Waals surface area contributed by atoms with Gasteiger partial charge in [0, 0.05) is 12.6 Å². The quantitative estimate of drug-likeness (QED) is 0.790. The Morgan fingerprint density at radius 2 is 1.93 bits per heavy atom. The summed E-state index contributed by atoms with van der Waals surface area (Å²) < 4.78 is 0. The van der Waals surface area contributed by atoms with Gasteiger partial charge in [-0.05, 0) is 43.6 Å². The van der Waals surface area contributed by atoms with E-state index in [-0.39, 0.29) is 30.1 Å². The van der Waals surface area contributed by atoms with Gasteiger partial charge in [0.25, 0.3) is 0 Å². The summed E-state index contributed by atoms with van der Waals surface area (Å²) in [5.41, 5.74) is 1.03. The topological polar surface area (TPSA) is 61.9 Å². The van der Waals surface area contributed by atoms with Crippen LogP contribution >= 0.6 is 0 Å². The van der Waals surface area contributed by atoms with Crippen molar-refractivity contribution in [3.8, 4) is 0 Å². The van der Waals surface area contributed by atoms with Crippen molar-refractivity contribution in [3.63, 3.8) is 0 Å². The van der Waals surface area contributed by atoms with Gasteiger partial charge in [-0.2, -0.15) is 5.06 Å². The molecule has 152 valence electrons.